The van der Waals surface area contributed by atoms with Gasteiger partial charge in [0, 0.05) is 30.4 Å². The van der Waals surface area contributed by atoms with Crippen LogP contribution in [0.3, 0.4) is 0 Å². The fourth-order valence-corrected chi connectivity index (χ4v) is 2.97. The molecule has 0 aromatic heterocycles. The minimum Gasteiger partial charge on any atom is -0.760 e. The van der Waals surface area contributed by atoms with E-state index in [9.17, 15) is 8.76 Å². The molecule has 2 heterocycles. The van der Waals surface area contributed by atoms with Crippen LogP contribution >= 0.6 is 0 Å². The SMILES string of the molecule is O=S([O-])N1CCC(N2CCCC2)CC1. The molecule has 0 aliphatic carbocycles. The number of hydrogen-bond acceptors (Lipinski definition) is 3. The summed E-state index contributed by atoms with van der Waals surface area (Å²) in [5.41, 5.74) is 0. The van der Waals surface area contributed by atoms with Crippen LogP contribution < -0.4 is 0 Å². The van der Waals surface area contributed by atoms with Crippen molar-refractivity contribution in [1.29, 1.82) is 0 Å². The quantitative estimate of drug-likeness (QED) is 0.627. The summed E-state index contributed by atoms with van der Waals surface area (Å²) < 4.78 is 22.9. The van der Waals surface area contributed by atoms with Crippen molar-refractivity contribution >= 4 is 11.3 Å². The first-order valence-corrected chi connectivity index (χ1v) is 6.39. The van der Waals surface area contributed by atoms with Gasteiger partial charge in [-0.15, -0.1) is 0 Å². The summed E-state index contributed by atoms with van der Waals surface area (Å²) in [5, 5.41) is 0. The van der Waals surface area contributed by atoms with Gasteiger partial charge in [0.1, 0.15) is 0 Å². The Kier molecular flexibility index (Phi) is 3.54. The maximum absolute atomic E-state index is 10.7. The van der Waals surface area contributed by atoms with Gasteiger partial charge in [0.05, 0.1) is 0 Å². The number of likely N-dealkylation sites (tertiary alicyclic amines) is 1. The Balaban J connectivity index is 1.80. The Morgan fingerprint density at radius 2 is 1.64 bits per heavy atom. The highest BCUT2D eigenvalue weighted by molar-refractivity contribution is 7.76. The molecule has 0 N–H and O–H groups in total. The Morgan fingerprint density at radius 3 is 2.14 bits per heavy atom. The number of hydrogen-bond donors (Lipinski definition) is 0. The van der Waals surface area contributed by atoms with Gasteiger partial charge in [-0.1, -0.05) is 0 Å². The average molecular weight is 217 g/mol. The molecule has 2 saturated heterocycles. The molecule has 0 amide bonds. The minimum atomic E-state index is -2.00. The Hall–Kier alpha value is 0.0300. The van der Waals surface area contributed by atoms with E-state index in [-0.39, 0.29) is 0 Å². The van der Waals surface area contributed by atoms with Crippen LogP contribution in [0.25, 0.3) is 0 Å². The molecule has 2 aliphatic heterocycles. The van der Waals surface area contributed by atoms with E-state index in [1.165, 1.54) is 30.2 Å². The summed E-state index contributed by atoms with van der Waals surface area (Å²) in [6, 6.07) is 0.636. The van der Waals surface area contributed by atoms with Crippen LogP contribution in [0.2, 0.25) is 0 Å². The van der Waals surface area contributed by atoms with Crippen molar-refractivity contribution in [3.63, 3.8) is 0 Å². The van der Waals surface area contributed by atoms with Crippen LogP contribution in [0, 0.1) is 0 Å². The van der Waals surface area contributed by atoms with Crippen molar-refractivity contribution in [2.45, 2.75) is 31.7 Å². The Morgan fingerprint density at radius 1 is 1.07 bits per heavy atom. The molecular weight excluding hydrogens is 200 g/mol. The van der Waals surface area contributed by atoms with E-state index >= 15 is 0 Å². The second kappa shape index (κ2) is 4.70. The molecule has 5 heteroatoms. The normalized spacial score (nSPS) is 29.5. The summed E-state index contributed by atoms with van der Waals surface area (Å²) >= 11 is -2.00. The first-order chi connectivity index (χ1) is 6.77. The number of piperidine rings is 1. The van der Waals surface area contributed by atoms with Gasteiger partial charge < -0.3 is 9.45 Å². The monoisotopic (exact) mass is 217 g/mol. The lowest BCUT2D eigenvalue weighted by molar-refractivity contribution is 0.166. The predicted molar refractivity (Wildman–Crippen MR) is 54.3 cm³/mol. The van der Waals surface area contributed by atoms with Crippen LogP contribution in [0.5, 0.6) is 0 Å². The molecule has 82 valence electrons. The molecule has 0 aromatic rings. The predicted octanol–water partition coefficient (Wildman–Crippen LogP) is 0.341. The second-order valence-corrected chi connectivity index (χ2v) is 5.07. The average Bonchev–Trinajstić information content (AvgIpc) is 2.71. The van der Waals surface area contributed by atoms with Crippen molar-refractivity contribution in [1.82, 2.24) is 9.21 Å². The third-order valence-corrected chi connectivity index (χ3v) is 4.08. The highest BCUT2D eigenvalue weighted by Crippen LogP contribution is 2.21. The smallest absolute Gasteiger partial charge is 0.0209 e. The third-order valence-electron chi connectivity index (χ3n) is 3.29. The summed E-state index contributed by atoms with van der Waals surface area (Å²) in [4.78, 5) is 2.52. The van der Waals surface area contributed by atoms with Gasteiger partial charge in [0.25, 0.3) is 0 Å². The van der Waals surface area contributed by atoms with Gasteiger partial charge in [-0.3, -0.25) is 4.21 Å². The molecular formula is C9H17N2O2S-. The van der Waals surface area contributed by atoms with E-state index in [4.69, 9.17) is 0 Å². The first kappa shape index (κ1) is 10.5. The first-order valence-electron chi connectivity index (χ1n) is 5.36. The lowest BCUT2D eigenvalue weighted by Gasteiger charge is -2.36. The van der Waals surface area contributed by atoms with Crippen molar-refractivity contribution in [3.8, 4) is 0 Å². The van der Waals surface area contributed by atoms with E-state index in [0.717, 1.165) is 12.8 Å². The van der Waals surface area contributed by atoms with Crippen molar-refractivity contribution < 1.29 is 8.76 Å². The number of rotatable bonds is 2. The van der Waals surface area contributed by atoms with Crippen molar-refractivity contribution in [2.24, 2.45) is 0 Å². The van der Waals surface area contributed by atoms with Gasteiger partial charge in [0.2, 0.25) is 0 Å². The summed E-state index contributed by atoms with van der Waals surface area (Å²) in [6.07, 6.45) is 4.64. The van der Waals surface area contributed by atoms with Crippen LogP contribution in [0.4, 0.5) is 0 Å². The van der Waals surface area contributed by atoms with Gasteiger partial charge in [0.15, 0.2) is 0 Å². The molecule has 1 unspecified atom stereocenters. The standard InChI is InChI=1S/C9H18N2O2S/c12-14(13)11-7-3-9(4-8-11)10-5-1-2-6-10/h9H,1-8H2,(H,12,13)/p-1. The van der Waals surface area contributed by atoms with Crippen LogP contribution in [0.15, 0.2) is 0 Å². The van der Waals surface area contributed by atoms with Gasteiger partial charge >= 0.3 is 0 Å². The van der Waals surface area contributed by atoms with E-state index in [1.807, 2.05) is 0 Å². The summed E-state index contributed by atoms with van der Waals surface area (Å²) in [7, 11) is 0. The topological polar surface area (TPSA) is 46.6 Å². The van der Waals surface area contributed by atoms with E-state index in [0.29, 0.717) is 19.1 Å². The van der Waals surface area contributed by atoms with Gasteiger partial charge in [-0.25, -0.2) is 4.31 Å². The van der Waals surface area contributed by atoms with E-state index in [2.05, 4.69) is 4.90 Å². The maximum atomic E-state index is 10.7. The molecule has 0 aromatic carbocycles. The van der Waals surface area contributed by atoms with Gasteiger partial charge in [-0.05, 0) is 38.8 Å². The molecule has 2 aliphatic rings. The summed E-state index contributed by atoms with van der Waals surface area (Å²) in [6.45, 7) is 3.84. The fraction of sp³-hybridized carbons (Fsp3) is 1.00. The molecule has 0 radical (unpaired) electrons. The van der Waals surface area contributed by atoms with Gasteiger partial charge in [-0.2, -0.15) is 0 Å². The molecule has 1 atom stereocenters. The highest BCUT2D eigenvalue weighted by Gasteiger charge is 2.26. The third kappa shape index (κ3) is 2.34. The zero-order valence-electron chi connectivity index (χ0n) is 8.35. The van der Waals surface area contributed by atoms with Crippen molar-refractivity contribution in [2.75, 3.05) is 26.2 Å². The van der Waals surface area contributed by atoms with E-state index < -0.39 is 11.3 Å². The van der Waals surface area contributed by atoms with E-state index in [1.54, 1.807) is 0 Å². The largest absolute Gasteiger partial charge is 0.760 e. The molecule has 0 spiro atoms. The lowest BCUT2D eigenvalue weighted by atomic mass is 10.1. The minimum absolute atomic E-state index is 0.636. The molecule has 0 saturated carbocycles. The van der Waals surface area contributed by atoms with Crippen LogP contribution in [-0.2, 0) is 11.3 Å². The molecule has 4 nitrogen and oxygen atoms in total. The number of nitrogens with zero attached hydrogens (tertiary/aromatic N) is 2. The fourth-order valence-electron chi connectivity index (χ4n) is 2.46. The maximum Gasteiger partial charge on any atom is 0.0209 e. The van der Waals surface area contributed by atoms with Crippen LogP contribution in [-0.4, -0.2) is 50.2 Å². The molecule has 2 fully saturated rings. The highest BCUT2D eigenvalue weighted by atomic mass is 32.2. The molecule has 2 rings (SSSR count). The second-order valence-electron chi connectivity index (χ2n) is 4.12. The Labute approximate surface area is 87.7 Å². The van der Waals surface area contributed by atoms with Crippen molar-refractivity contribution in [3.05, 3.63) is 0 Å². The molecule has 0 bridgehead atoms. The lowest BCUT2D eigenvalue weighted by Crippen LogP contribution is -2.44. The Bertz CT molecular complexity index is 211. The molecule has 14 heavy (non-hydrogen) atoms. The zero-order chi connectivity index (χ0) is 9.97. The summed E-state index contributed by atoms with van der Waals surface area (Å²) in [5.74, 6) is 0. The van der Waals surface area contributed by atoms with Crippen LogP contribution in [0.1, 0.15) is 25.7 Å². The zero-order valence-corrected chi connectivity index (χ0v) is 9.17.